The summed E-state index contributed by atoms with van der Waals surface area (Å²) in [7, 11) is 1.61. The summed E-state index contributed by atoms with van der Waals surface area (Å²) in [6, 6.07) is 3.38. The van der Waals surface area contributed by atoms with Gasteiger partial charge in [-0.05, 0) is 23.8 Å². The third kappa shape index (κ3) is 3.24. The molecule has 9 heteroatoms. The molecule has 0 amide bonds. The van der Waals surface area contributed by atoms with Crippen molar-refractivity contribution in [3.63, 3.8) is 0 Å². The molecule has 102 valence electrons. The van der Waals surface area contributed by atoms with Crippen LogP contribution in [0.2, 0.25) is 0 Å². The summed E-state index contributed by atoms with van der Waals surface area (Å²) in [4.78, 5) is 1.28. The van der Waals surface area contributed by atoms with Crippen molar-refractivity contribution in [2.24, 2.45) is 7.05 Å². The Morgan fingerprint density at radius 1 is 1.32 bits per heavy atom. The lowest BCUT2D eigenvalue weighted by Gasteiger charge is -2.16. The second-order valence-corrected chi connectivity index (χ2v) is 4.08. The van der Waals surface area contributed by atoms with E-state index in [0.717, 1.165) is 12.1 Å². The molecule has 19 heavy (non-hydrogen) atoms. The van der Waals surface area contributed by atoms with E-state index < -0.39 is 12.4 Å². The van der Waals surface area contributed by atoms with E-state index in [-0.39, 0.29) is 6.61 Å². The first-order valence-corrected chi connectivity index (χ1v) is 5.52. The molecule has 1 aromatic heterocycles. The topological polar surface area (TPSA) is 52.8 Å². The van der Waals surface area contributed by atoms with Crippen molar-refractivity contribution in [3.05, 3.63) is 29.6 Å². The molecule has 1 heterocycles. The number of hydrogen-bond donors (Lipinski definition) is 0. The van der Waals surface area contributed by atoms with Gasteiger partial charge >= 0.3 is 6.98 Å². The van der Waals surface area contributed by atoms with E-state index >= 15 is 0 Å². The Morgan fingerprint density at radius 3 is 2.58 bits per heavy atom. The number of ether oxygens (including phenoxy) is 1. The average Bonchev–Trinajstić information content (AvgIpc) is 2.72. The molecule has 0 bridgehead atoms. The van der Waals surface area contributed by atoms with E-state index in [2.05, 4.69) is 15.4 Å². The van der Waals surface area contributed by atoms with Crippen molar-refractivity contribution in [1.82, 2.24) is 20.2 Å². The predicted molar refractivity (Wildman–Crippen MR) is 63.0 cm³/mol. The zero-order valence-electron chi connectivity index (χ0n) is 10.3. The Bertz CT molecular complexity index is 584. The van der Waals surface area contributed by atoms with Crippen molar-refractivity contribution in [2.45, 2.75) is 13.5 Å². The lowest BCUT2D eigenvalue weighted by molar-refractivity contribution is 0.293. The molecule has 0 fully saturated rings. The van der Waals surface area contributed by atoms with Crippen LogP contribution in [-0.4, -0.2) is 27.2 Å². The first kappa shape index (κ1) is 13.4. The Hall–Kier alpha value is -2.06. The van der Waals surface area contributed by atoms with Crippen LogP contribution in [0.4, 0.5) is 12.9 Å². The molecule has 2 aromatic rings. The number of aromatic nitrogens is 4. The Kier molecular flexibility index (Phi) is 3.45. The van der Waals surface area contributed by atoms with Gasteiger partial charge in [0.05, 0.1) is 7.05 Å². The highest BCUT2D eigenvalue weighted by Gasteiger charge is 2.25. The summed E-state index contributed by atoms with van der Waals surface area (Å²) in [5.74, 6) is 0.738. The van der Waals surface area contributed by atoms with Gasteiger partial charge in [-0.1, -0.05) is 12.1 Å². The molecular weight excluding hydrogens is 260 g/mol. The first-order valence-electron chi connectivity index (χ1n) is 5.52. The molecule has 0 saturated carbocycles. The fourth-order valence-electron chi connectivity index (χ4n) is 1.56. The fraction of sp³-hybridized carbons (Fsp3) is 0.300. The predicted octanol–water partition coefficient (Wildman–Crippen LogP) is 1.15. The first-order chi connectivity index (χ1) is 8.86. The number of hydrogen-bond acceptors (Lipinski definition) is 4. The molecule has 0 unspecified atom stereocenters. The van der Waals surface area contributed by atoms with Gasteiger partial charge in [0, 0.05) is 0 Å². The van der Waals surface area contributed by atoms with E-state index in [1.165, 1.54) is 10.9 Å². The quantitative estimate of drug-likeness (QED) is 0.783. The van der Waals surface area contributed by atoms with Crippen molar-refractivity contribution in [2.75, 3.05) is 0 Å². The molecule has 0 aliphatic heterocycles. The number of rotatable bonds is 4. The summed E-state index contributed by atoms with van der Waals surface area (Å²) in [6.45, 7) is -3.37. The minimum atomic E-state index is -4.99. The zero-order chi connectivity index (χ0) is 14.0. The van der Waals surface area contributed by atoms with Gasteiger partial charge in [0.15, 0.2) is 6.61 Å². The van der Waals surface area contributed by atoms with Gasteiger partial charge in [-0.3, -0.25) is 0 Å². The molecule has 2 rings (SSSR count). The van der Waals surface area contributed by atoms with Crippen LogP contribution in [0.1, 0.15) is 11.4 Å². The smallest absolute Gasteiger partial charge is 0.485 e. The molecule has 0 saturated heterocycles. The number of nitrogens with zero attached hydrogens (tertiary/aromatic N) is 4. The summed E-state index contributed by atoms with van der Waals surface area (Å²) in [6.07, 6.45) is 0. The number of aryl methyl sites for hydroxylation is 2. The maximum atomic E-state index is 12.5. The molecule has 0 spiro atoms. The SMILES string of the molecule is Cc1cc([B-](F)(F)F)ccc1OCc1nnn(C)n1. The van der Waals surface area contributed by atoms with Crippen LogP contribution in [0.15, 0.2) is 18.2 Å². The van der Waals surface area contributed by atoms with Gasteiger partial charge in [-0.2, -0.15) is 4.80 Å². The number of tetrazole rings is 1. The van der Waals surface area contributed by atoms with Gasteiger partial charge < -0.3 is 17.7 Å². The summed E-state index contributed by atoms with van der Waals surface area (Å²) < 4.78 is 43.0. The lowest BCUT2D eigenvalue weighted by atomic mass is 9.79. The largest absolute Gasteiger partial charge is 0.509 e. The normalized spacial score (nSPS) is 11.6. The third-order valence-corrected chi connectivity index (χ3v) is 2.48. The van der Waals surface area contributed by atoms with Crippen LogP contribution in [0.3, 0.4) is 0 Å². The van der Waals surface area contributed by atoms with Gasteiger partial charge in [-0.15, -0.1) is 15.7 Å². The molecule has 0 aliphatic carbocycles. The van der Waals surface area contributed by atoms with Gasteiger partial charge in [0.25, 0.3) is 0 Å². The van der Waals surface area contributed by atoms with Crippen molar-refractivity contribution >= 4 is 12.4 Å². The standard InChI is InChI=1S/C10H11BF3N4O/c1-7-5-8(11(12,13)14)3-4-9(7)19-6-10-15-17-18(2)16-10/h3-5H,6H2,1-2H3/q-1. The van der Waals surface area contributed by atoms with E-state index in [0.29, 0.717) is 17.1 Å². The van der Waals surface area contributed by atoms with Crippen molar-refractivity contribution in [1.29, 1.82) is 0 Å². The van der Waals surface area contributed by atoms with Crippen LogP contribution in [0.25, 0.3) is 0 Å². The van der Waals surface area contributed by atoms with Crippen LogP contribution in [0.5, 0.6) is 5.75 Å². The van der Waals surface area contributed by atoms with Crippen molar-refractivity contribution in [3.8, 4) is 5.75 Å². The fourth-order valence-corrected chi connectivity index (χ4v) is 1.56. The summed E-state index contributed by atoms with van der Waals surface area (Å²) in [5, 5.41) is 11.2. The zero-order valence-corrected chi connectivity index (χ0v) is 10.3. The van der Waals surface area contributed by atoms with Crippen LogP contribution < -0.4 is 10.2 Å². The molecule has 0 aliphatic rings. The summed E-state index contributed by atoms with van der Waals surface area (Å²) in [5.41, 5.74) is -0.219. The van der Waals surface area contributed by atoms with Gasteiger partial charge in [0.1, 0.15) is 5.75 Å². The van der Waals surface area contributed by atoms with Gasteiger partial charge in [-0.25, -0.2) is 0 Å². The maximum Gasteiger partial charge on any atom is 0.509 e. The molecule has 0 radical (unpaired) electrons. The highest BCUT2D eigenvalue weighted by atomic mass is 19.4. The molecule has 0 N–H and O–H groups in total. The lowest BCUT2D eigenvalue weighted by Crippen LogP contribution is -2.34. The van der Waals surface area contributed by atoms with Crippen molar-refractivity contribution < 1.29 is 17.7 Å². The van der Waals surface area contributed by atoms with Crippen LogP contribution >= 0.6 is 0 Å². The van der Waals surface area contributed by atoms with E-state index in [1.807, 2.05) is 0 Å². The molecular formula is C10H11BF3N4O-. The van der Waals surface area contributed by atoms with Gasteiger partial charge in [0.2, 0.25) is 5.82 Å². The van der Waals surface area contributed by atoms with Crippen LogP contribution in [0, 0.1) is 6.92 Å². The van der Waals surface area contributed by atoms with Crippen LogP contribution in [-0.2, 0) is 13.7 Å². The molecule has 1 aromatic carbocycles. The Morgan fingerprint density at radius 2 is 2.05 bits per heavy atom. The third-order valence-electron chi connectivity index (χ3n) is 2.48. The molecule has 0 atom stereocenters. The highest BCUT2D eigenvalue weighted by Crippen LogP contribution is 2.19. The second-order valence-electron chi connectivity index (χ2n) is 4.08. The van der Waals surface area contributed by atoms with E-state index in [1.54, 1.807) is 14.0 Å². The second kappa shape index (κ2) is 4.91. The Balaban J connectivity index is 2.09. The number of benzene rings is 1. The highest BCUT2D eigenvalue weighted by molar-refractivity contribution is 6.73. The van der Waals surface area contributed by atoms with E-state index in [9.17, 15) is 12.9 Å². The Labute approximate surface area is 107 Å². The number of halogens is 3. The maximum absolute atomic E-state index is 12.5. The molecule has 5 nitrogen and oxygen atoms in total. The average molecular weight is 271 g/mol. The monoisotopic (exact) mass is 271 g/mol. The summed E-state index contributed by atoms with van der Waals surface area (Å²) >= 11 is 0. The minimum Gasteiger partial charge on any atom is -0.485 e. The van der Waals surface area contributed by atoms with E-state index in [4.69, 9.17) is 4.74 Å². The minimum absolute atomic E-state index is 0.0607.